The lowest BCUT2D eigenvalue weighted by atomic mass is 10.2. The summed E-state index contributed by atoms with van der Waals surface area (Å²) in [7, 11) is 2.10. The highest BCUT2D eigenvalue weighted by molar-refractivity contribution is 7.17. The van der Waals surface area contributed by atoms with Crippen molar-refractivity contribution in [3.63, 3.8) is 0 Å². The smallest absolute Gasteiger partial charge is 0.150 e. The van der Waals surface area contributed by atoms with Crippen LogP contribution in [0, 0.1) is 6.92 Å². The Kier molecular flexibility index (Phi) is 3.24. The minimum absolute atomic E-state index is 0.318. The van der Waals surface area contributed by atoms with E-state index in [4.69, 9.17) is 0 Å². The summed E-state index contributed by atoms with van der Waals surface area (Å²) in [5, 5.41) is 2.07. The molecule has 3 nitrogen and oxygen atoms in total. The van der Waals surface area contributed by atoms with Gasteiger partial charge in [-0.25, -0.2) is 9.97 Å². The third-order valence-corrected chi connectivity index (χ3v) is 5.38. The number of hydrogen-bond acceptors (Lipinski definition) is 5. The molecular weight excluding hydrogens is 274 g/mol. The van der Waals surface area contributed by atoms with Crippen molar-refractivity contribution in [3.8, 4) is 0 Å². The van der Waals surface area contributed by atoms with Crippen LogP contribution in [0.5, 0.6) is 0 Å². The number of anilines is 1. The van der Waals surface area contributed by atoms with Gasteiger partial charge < -0.3 is 4.90 Å². The third-order valence-electron chi connectivity index (χ3n) is 3.31. The summed E-state index contributed by atoms with van der Waals surface area (Å²) in [5.74, 6) is 1.01. The fourth-order valence-electron chi connectivity index (χ4n) is 2.08. The van der Waals surface area contributed by atoms with Gasteiger partial charge in [0.2, 0.25) is 0 Å². The van der Waals surface area contributed by atoms with E-state index >= 15 is 0 Å². The molecule has 0 aliphatic rings. The molecule has 0 radical (unpaired) electrons. The lowest BCUT2D eigenvalue weighted by molar-refractivity contribution is 0.745. The molecule has 0 aliphatic carbocycles. The Bertz CT molecular complexity index is 701. The van der Waals surface area contributed by atoms with E-state index in [1.807, 2.05) is 17.4 Å². The van der Waals surface area contributed by atoms with Crippen LogP contribution in [0.25, 0.3) is 10.2 Å². The second kappa shape index (κ2) is 4.90. The van der Waals surface area contributed by atoms with E-state index in [9.17, 15) is 0 Å². The molecule has 3 aromatic rings. The van der Waals surface area contributed by atoms with Crippen molar-refractivity contribution in [1.29, 1.82) is 0 Å². The van der Waals surface area contributed by atoms with E-state index in [2.05, 4.69) is 53.3 Å². The van der Waals surface area contributed by atoms with Gasteiger partial charge in [-0.1, -0.05) is 0 Å². The van der Waals surface area contributed by atoms with Crippen molar-refractivity contribution in [2.45, 2.75) is 19.9 Å². The molecule has 3 heterocycles. The van der Waals surface area contributed by atoms with E-state index in [0.717, 1.165) is 16.0 Å². The van der Waals surface area contributed by atoms with Crippen LogP contribution in [0.2, 0.25) is 0 Å². The van der Waals surface area contributed by atoms with Gasteiger partial charge in [-0.05, 0) is 37.4 Å². The minimum atomic E-state index is 0.318. The summed E-state index contributed by atoms with van der Waals surface area (Å²) in [4.78, 5) is 13.7. The zero-order chi connectivity index (χ0) is 13.4. The van der Waals surface area contributed by atoms with Gasteiger partial charge in [0.05, 0.1) is 16.3 Å². The lowest BCUT2D eigenvalue weighted by Gasteiger charge is -2.25. The molecule has 5 heteroatoms. The number of hydrogen-bond donors (Lipinski definition) is 0. The van der Waals surface area contributed by atoms with Crippen LogP contribution in [0.3, 0.4) is 0 Å². The first-order chi connectivity index (χ1) is 9.16. The lowest BCUT2D eigenvalue weighted by Crippen LogP contribution is -2.22. The molecule has 0 unspecified atom stereocenters. The molecule has 3 rings (SSSR count). The van der Waals surface area contributed by atoms with E-state index in [-0.39, 0.29) is 0 Å². The average molecular weight is 289 g/mol. The number of rotatable bonds is 3. The second-order valence-electron chi connectivity index (χ2n) is 4.57. The SMILES string of the molecule is Cc1ccc([C@@H](C)N(C)c2ncnc3ccsc23)s1. The minimum Gasteiger partial charge on any atom is -0.351 e. The molecule has 0 fully saturated rings. The summed E-state index contributed by atoms with van der Waals surface area (Å²) in [5.41, 5.74) is 1.02. The van der Waals surface area contributed by atoms with Crippen LogP contribution >= 0.6 is 22.7 Å². The van der Waals surface area contributed by atoms with Gasteiger partial charge in [0.1, 0.15) is 12.1 Å². The quantitative estimate of drug-likeness (QED) is 0.721. The van der Waals surface area contributed by atoms with E-state index in [1.54, 1.807) is 17.7 Å². The van der Waals surface area contributed by atoms with Crippen molar-refractivity contribution >= 4 is 38.7 Å². The third kappa shape index (κ3) is 2.24. The molecule has 3 aromatic heterocycles. The molecule has 0 spiro atoms. The first-order valence-electron chi connectivity index (χ1n) is 6.14. The molecule has 0 N–H and O–H groups in total. The molecular formula is C14H15N3S2. The summed E-state index contributed by atoms with van der Waals surface area (Å²) >= 11 is 3.54. The zero-order valence-corrected chi connectivity index (χ0v) is 12.8. The summed E-state index contributed by atoms with van der Waals surface area (Å²) in [6.07, 6.45) is 1.65. The molecule has 1 atom stereocenters. The highest BCUT2D eigenvalue weighted by Gasteiger charge is 2.17. The Hall–Kier alpha value is -1.46. The summed E-state index contributed by atoms with van der Waals surface area (Å²) < 4.78 is 1.16. The number of aromatic nitrogens is 2. The van der Waals surface area contributed by atoms with Gasteiger partial charge in [0.25, 0.3) is 0 Å². The number of thiophene rings is 2. The standard InChI is InChI=1S/C14H15N3S2/c1-9-4-5-12(19-9)10(2)17(3)14-13-11(6-7-18-13)15-8-16-14/h4-8,10H,1-3H3/t10-/m1/s1. The van der Waals surface area contributed by atoms with Crippen LogP contribution in [-0.2, 0) is 0 Å². The Morgan fingerprint density at radius 1 is 1.21 bits per heavy atom. The topological polar surface area (TPSA) is 29.0 Å². The Morgan fingerprint density at radius 3 is 2.79 bits per heavy atom. The fraction of sp³-hybridized carbons (Fsp3) is 0.286. The first-order valence-corrected chi connectivity index (χ1v) is 7.84. The molecule has 98 valence electrons. The van der Waals surface area contributed by atoms with Gasteiger partial charge in [0.15, 0.2) is 0 Å². The molecule has 0 saturated carbocycles. The molecule has 0 saturated heterocycles. The zero-order valence-electron chi connectivity index (χ0n) is 11.1. The van der Waals surface area contributed by atoms with Crippen molar-refractivity contribution in [2.24, 2.45) is 0 Å². The number of fused-ring (bicyclic) bond motifs is 1. The molecule has 19 heavy (non-hydrogen) atoms. The van der Waals surface area contributed by atoms with Gasteiger partial charge in [0, 0.05) is 16.8 Å². The Labute approximate surface area is 120 Å². The predicted octanol–water partition coefficient (Wildman–Crippen LogP) is 4.26. The largest absolute Gasteiger partial charge is 0.351 e. The summed E-state index contributed by atoms with van der Waals surface area (Å²) in [6.45, 7) is 4.36. The van der Waals surface area contributed by atoms with Crippen LogP contribution in [0.1, 0.15) is 22.7 Å². The van der Waals surface area contributed by atoms with Crippen molar-refractivity contribution in [2.75, 3.05) is 11.9 Å². The monoisotopic (exact) mass is 289 g/mol. The second-order valence-corrected chi connectivity index (χ2v) is 6.80. The van der Waals surface area contributed by atoms with E-state index in [0.29, 0.717) is 6.04 Å². The number of nitrogens with zero attached hydrogens (tertiary/aromatic N) is 3. The number of aryl methyl sites for hydroxylation is 1. The van der Waals surface area contributed by atoms with Crippen molar-refractivity contribution in [1.82, 2.24) is 9.97 Å². The van der Waals surface area contributed by atoms with E-state index < -0.39 is 0 Å². The van der Waals surface area contributed by atoms with Gasteiger partial charge in [-0.3, -0.25) is 0 Å². The maximum atomic E-state index is 4.46. The van der Waals surface area contributed by atoms with Crippen LogP contribution in [0.15, 0.2) is 29.9 Å². The van der Waals surface area contributed by atoms with Crippen molar-refractivity contribution in [3.05, 3.63) is 39.7 Å². The highest BCUT2D eigenvalue weighted by atomic mass is 32.1. The van der Waals surface area contributed by atoms with Crippen LogP contribution in [-0.4, -0.2) is 17.0 Å². The van der Waals surface area contributed by atoms with Gasteiger partial charge in [-0.15, -0.1) is 22.7 Å². The Balaban J connectivity index is 1.99. The average Bonchev–Trinajstić information content (AvgIpc) is 3.04. The molecule has 0 bridgehead atoms. The summed E-state index contributed by atoms with van der Waals surface area (Å²) in [6, 6.07) is 6.73. The van der Waals surface area contributed by atoms with Gasteiger partial charge >= 0.3 is 0 Å². The molecule has 0 aromatic carbocycles. The molecule has 0 amide bonds. The van der Waals surface area contributed by atoms with Crippen molar-refractivity contribution < 1.29 is 0 Å². The Morgan fingerprint density at radius 2 is 2.05 bits per heavy atom. The normalized spacial score (nSPS) is 12.8. The highest BCUT2D eigenvalue weighted by Crippen LogP contribution is 2.33. The maximum Gasteiger partial charge on any atom is 0.150 e. The molecule has 0 aliphatic heterocycles. The predicted molar refractivity (Wildman–Crippen MR) is 83.3 cm³/mol. The van der Waals surface area contributed by atoms with E-state index in [1.165, 1.54) is 9.75 Å². The van der Waals surface area contributed by atoms with Crippen LogP contribution < -0.4 is 4.90 Å². The first kappa shape index (κ1) is 12.6. The maximum absolute atomic E-state index is 4.46. The fourth-order valence-corrected chi connectivity index (χ4v) is 3.93. The van der Waals surface area contributed by atoms with Gasteiger partial charge in [-0.2, -0.15) is 0 Å². The van der Waals surface area contributed by atoms with Crippen LogP contribution in [0.4, 0.5) is 5.82 Å².